The van der Waals surface area contributed by atoms with Crippen molar-refractivity contribution >= 4 is 26.6 Å². The van der Waals surface area contributed by atoms with Crippen molar-refractivity contribution in [1.82, 2.24) is 4.98 Å². The van der Waals surface area contributed by atoms with Gasteiger partial charge in [-0.05, 0) is 6.07 Å². The number of allylic oxidation sites excluding steroid dienone is 1. The normalized spacial score (nSPS) is 15.1. The number of aromatic amines is 1. The van der Waals surface area contributed by atoms with Crippen molar-refractivity contribution in [2.45, 2.75) is 5.92 Å². The summed E-state index contributed by atoms with van der Waals surface area (Å²) in [6, 6.07) is 9.89. The van der Waals surface area contributed by atoms with E-state index in [1.54, 1.807) is 12.1 Å². The highest BCUT2D eigenvalue weighted by Crippen LogP contribution is 2.47. The SMILES string of the molecule is C=CCNc1sc2c3c(c(=O)[nH]c2c1C#N)C(c1ccccc1F)C(C#N)=C(N)O3. The predicted octanol–water partition coefficient (Wildman–Crippen LogP) is 3.42. The van der Waals surface area contributed by atoms with Gasteiger partial charge in [0, 0.05) is 12.1 Å². The topological polar surface area (TPSA) is 128 Å². The lowest BCUT2D eigenvalue weighted by Gasteiger charge is -2.26. The fourth-order valence-corrected chi connectivity index (χ4v) is 4.58. The Morgan fingerprint density at radius 1 is 1.37 bits per heavy atom. The summed E-state index contributed by atoms with van der Waals surface area (Å²) < 4.78 is 20.8. The largest absolute Gasteiger partial charge is 0.438 e. The number of nitrogens with zero attached hydrogens (tertiary/aromatic N) is 2. The lowest BCUT2D eigenvalue weighted by atomic mass is 9.84. The molecule has 2 aromatic heterocycles. The van der Waals surface area contributed by atoms with Crippen LogP contribution in [0.15, 0.2) is 53.2 Å². The Hall–Kier alpha value is -4.08. The molecule has 0 aliphatic carbocycles. The number of H-pyrrole nitrogens is 1. The number of benzene rings is 1. The van der Waals surface area contributed by atoms with Crippen LogP contribution in [-0.2, 0) is 0 Å². The Morgan fingerprint density at radius 3 is 2.80 bits per heavy atom. The molecule has 4 N–H and O–H groups in total. The van der Waals surface area contributed by atoms with Crippen molar-refractivity contribution in [2.24, 2.45) is 5.73 Å². The highest BCUT2D eigenvalue weighted by atomic mass is 32.1. The summed E-state index contributed by atoms with van der Waals surface area (Å²) in [5.41, 5.74) is 6.09. The van der Waals surface area contributed by atoms with Gasteiger partial charge in [0.1, 0.15) is 34.1 Å². The summed E-state index contributed by atoms with van der Waals surface area (Å²) in [7, 11) is 0. The summed E-state index contributed by atoms with van der Waals surface area (Å²) in [6.07, 6.45) is 1.63. The molecule has 0 spiro atoms. The number of anilines is 1. The summed E-state index contributed by atoms with van der Waals surface area (Å²) in [4.78, 5) is 15.8. The molecule has 1 aliphatic rings. The molecular formula is C21H14FN5O2S. The fraction of sp³-hybridized carbons (Fsp3) is 0.0952. The molecule has 7 nitrogen and oxygen atoms in total. The number of hydrogen-bond donors (Lipinski definition) is 3. The standard InChI is InChI=1S/C21H14FN5O2S/c1-2-7-26-21-12(9-24)16-18(30-21)17-15(20(28)27-16)14(11(8-23)19(25)29-17)10-5-3-4-6-13(10)22/h2-6,14,26H,1,7,25H2,(H,27,28). The van der Waals surface area contributed by atoms with Crippen LogP contribution in [0.5, 0.6) is 5.75 Å². The Bertz CT molecular complexity index is 1370. The van der Waals surface area contributed by atoms with Gasteiger partial charge < -0.3 is 20.8 Å². The van der Waals surface area contributed by atoms with Crippen LogP contribution in [0.3, 0.4) is 0 Å². The third-order valence-corrected chi connectivity index (χ3v) is 5.90. The van der Waals surface area contributed by atoms with E-state index in [0.717, 1.165) is 0 Å². The van der Waals surface area contributed by atoms with E-state index in [0.29, 0.717) is 21.8 Å². The van der Waals surface area contributed by atoms with Crippen LogP contribution in [0.2, 0.25) is 0 Å². The second-order valence-corrected chi connectivity index (χ2v) is 7.46. The number of pyridine rings is 1. The van der Waals surface area contributed by atoms with E-state index in [4.69, 9.17) is 10.5 Å². The van der Waals surface area contributed by atoms with Crippen LogP contribution >= 0.6 is 11.3 Å². The molecule has 1 aliphatic heterocycles. The predicted molar refractivity (Wildman–Crippen MR) is 112 cm³/mol. The molecule has 1 unspecified atom stereocenters. The number of aromatic nitrogens is 1. The Labute approximate surface area is 174 Å². The molecule has 0 bridgehead atoms. The van der Waals surface area contributed by atoms with Gasteiger partial charge in [-0.2, -0.15) is 10.5 Å². The summed E-state index contributed by atoms with van der Waals surface area (Å²) in [5, 5.41) is 22.8. The first-order valence-corrected chi connectivity index (χ1v) is 9.63. The van der Waals surface area contributed by atoms with E-state index in [-0.39, 0.29) is 33.9 Å². The van der Waals surface area contributed by atoms with Crippen molar-refractivity contribution in [2.75, 3.05) is 11.9 Å². The van der Waals surface area contributed by atoms with Crippen molar-refractivity contribution < 1.29 is 9.13 Å². The van der Waals surface area contributed by atoms with Gasteiger partial charge >= 0.3 is 0 Å². The summed E-state index contributed by atoms with van der Waals surface area (Å²) in [5.74, 6) is -1.71. The van der Waals surface area contributed by atoms with Crippen LogP contribution < -0.4 is 21.3 Å². The average Bonchev–Trinajstić information content (AvgIpc) is 3.09. The Morgan fingerprint density at radius 2 is 2.13 bits per heavy atom. The molecule has 0 saturated carbocycles. The third-order valence-electron chi connectivity index (χ3n) is 4.75. The maximum Gasteiger partial charge on any atom is 0.256 e. The molecule has 1 atom stereocenters. The van der Waals surface area contributed by atoms with Gasteiger partial charge in [-0.25, -0.2) is 4.39 Å². The third kappa shape index (κ3) is 2.81. The highest BCUT2D eigenvalue weighted by Gasteiger charge is 2.37. The maximum atomic E-state index is 14.6. The molecule has 148 valence electrons. The molecule has 30 heavy (non-hydrogen) atoms. The van der Waals surface area contributed by atoms with Crippen LogP contribution in [-0.4, -0.2) is 11.5 Å². The smallest absolute Gasteiger partial charge is 0.256 e. The van der Waals surface area contributed by atoms with Gasteiger partial charge in [-0.1, -0.05) is 24.3 Å². The molecule has 0 radical (unpaired) electrons. The zero-order valence-electron chi connectivity index (χ0n) is 15.5. The van der Waals surface area contributed by atoms with Crippen LogP contribution in [0.4, 0.5) is 9.39 Å². The monoisotopic (exact) mass is 419 g/mol. The van der Waals surface area contributed by atoms with Gasteiger partial charge in [0.25, 0.3) is 5.56 Å². The minimum absolute atomic E-state index is 0.0560. The van der Waals surface area contributed by atoms with E-state index in [2.05, 4.69) is 22.9 Å². The van der Waals surface area contributed by atoms with Gasteiger partial charge in [0.2, 0.25) is 5.88 Å². The number of rotatable bonds is 4. The molecule has 0 fully saturated rings. The van der Waals surface area contributed by atoms with Crippen molar-refractivity contribution in [3.05, 3.63) is 81.2 Å². The summed E-state index contributed by atoms with van der Waals surface area (Å²) >= 11 is 1.19. The lowest BCUT2D eigenvalue weighted by molar-refractivity contribution is 0.396. The molecule has 3 heterocycles. The zero-order chi connectivity index (χ0) is 21.4. The van der Waals surface area contributed by atoms with Gasteiger partial charge in [0.05, 0.1) is 21.7 Å². The number of fused-ring (bicyclic) bond motifs is 3. The Balaban J connectivity index is 2.07. The fourth-order valence-electron chi connectivity index (χ4n) is 3.47. The zero-order valence-corrected chi connectivity index (χ0v) is 16.3. The molecule has 1 aromatic carbocycles. The van der Waals surface area contributed by atoms with E-state index in [1.165, 1.54) is 29.5 Å². The quantitative estimate of drug-likeness (QED) is 0.556. The number of ether oxygens (including phenoxy) is 1. The van der Waals surface area contributed by atoms with Gasteiger partial charge in [0.15, 0.2) is 5.75 Å². The van der Waals surface area contributed by atoms with Crippen LogP contribution in [0.1, 0.15) is 22.6 Å². The van der Waals surface area contributed by atoms with E-state index in [1.807, 2.05) is 6.07 Å². The number of halogens is 1. The van der Waals surface area contributed by atoms with Gasteiger partial charge in [-0.15, -0.1) is 17.9 Å². The Kier molecular flexibility index (Phi) is 4.74. The number of thiophene rings is 1. The second kappa shape index (κ2) is 7.39. The van der Waals surface area contributed by atoms with Crippen molar-refractivity contribution in [3.8, 4) is 17.9 Å². The number of nitrogens with two attached hydrogens (primary N) is 1. The first kappa shape index (κ1) is 19.2. The summed E-state index contributed by atoms with van der Waals surface area (Å²) in [6.45, 7) is 4.05. The van der Waals surface area contributed by atoms with E-state index >= 15 is 0 Å². The number of hydrogen-bond acceptors (Lipinski definition) is 7. The first-order chi connectivity index (χ1) is 14.5. The van der Waals surface area contributed by atoms with Gasteiger partial charge in [-0.3, -0.25) is 4.79 Å². The average molecular weight is 419 g/mol. The molecular weight excluding hydrogens is 405 g/mol. The highest BCUT2D eigenvalue weighted by molar-refractivity contribution is 7.23. The second-order valence-electron chi connectivity index (χ2n) is 6.43. The van der Waals surface area contributed by atoms with E-state index in [9.17, 15) is 19.7 Å². The van der Waals surface area contributed by atoms with Crippen molar-refractivity contribution in [1.29, 1.82) is 10.5 Å². The van der Waals surface area contributed by atoms with Crippen LogP contribution in [0.25, 0.3) is 10.2 Å². The maximum absolute atomic E-state index is 14.6. The van der Waals surface area contributed by atoms with Crippen LogP contribution in [0, 0.1) is 28.5 Å². The lowest BCUT2D eigenvalue weighted by Crippen LogP contribution is -2.28. The molecule has 9 heteroatoms. The van der Waals surface area contributed by atoms with Crippen molar-refractivity contribution in [3.63, 3.8) is 0 Å². The number of nitrogens with one attached hydrogen (secondary N) is 2. The molecule has 0 saturated heterocycles. The molecule has 3 aromatic rings. The van der Waals surface area contributed by atoms with E-state index < -0.39 is 17.3 Å². The first-order valence-electron chi connectivity index (χ1n) is 8.81. The number of nitriles is 2. The molecule has 4 rings (SSSR count). The minimum Gasteiger partial charge on any atom is -0.438 e. The minimum atomic E-state index is -1.04. The molecule has 0 amide bonds.